The van der Waals surface area contributed by atoms with E-state index in [1.807, 2.05) is 6.92 Å². The van der Waals surface area contributed by atoms with Crippen molar-refractivity contribution in [2.75, 3.05) is 0 Å². The number of hydrogen-bond donors (Lipinski definition) is 1. The van der Waals surface area contributed by atoms with E-state index < -0.39 is 17.7 Å². The van der Waals surface area contributed by atoms with Gasteiger partial charge in [0.05, 0.1) is 5.56 Å². The summed E-state index contributed by atoms with van der Waals surface area (Å²) in [7, 11) is 0. The highest BCUT2D eigenvalue weighted by Crippen LogP contribution is 2.28. The van der Waals surface area contributed by atoms with E-state index >= 15 is 0 Å². The van der Waals surface area contributed by atoms with Gasteiger partial charge >= 0.3 is 0 Å². The van der Waals surface area contributed by atoms with Crippen molar-refractivity contribution >= 4 is 5.78 Å². The maximum Gasteiger partial charge on any atom is 0.194 e. The number of carbonyl (C=O) groups excluding carboxylic acids is 1. The molecule has 0 bridgehead atoms. The van der Waals surface area contributed by atoms with Crippen LogP contribution in [0.5, 0.6) is 0 Å². The van der Waals surface area contributed by atoms with Crippen molar-refractivity contribution in [2.24, 2.45) is 5.92 Å². The maximum absolute atomic E-state index is 13.6. The molecule has 1 saturated carbocycles. The zero-order valence-electron chi connectivity index (χ0n) is 10.7. The standard InChI is InChI=1S/C15H19FO2/c1-10-7-8-13(16)12(9-10)15(18)14(17)11-5-3-2-4-6-11/h7-9,11,14,17H,2-6H2,1H3. The average molecular weight is 250 g/mol. The number of rotatable bonds is 3. The normalized spacial score (nSPS) is 18.6. The Labute approximate surface area is 107 Å². The predicted octanol–water partition coefficient (Wildman–Crippen LogP) is 3.26. The number of aliphatic hydroxyl groups is 1. The lowest BCUT2D eigenvalue weighted by Gasteiger charge is -2.25. The van der Waals surface area contributed by atoms with Crippen LogP contribution in [0.2, 0.25) is 0 Å². The fourth-order valence-corrected chi connectivity index (χ4v) is 2.65. The maximum atomic E-state index is 13.6. The van der Waals surface area contributed by atoms with Crippen molar-refractivity contribution in [2.45, 2.75) is 45.1 Å². The first kappa shape index (κ1) is 13.2. The summed E-state index contributed by atoms with van der Waals surface area (Å²) < 4.78 is 13.6. The molecule has 0 heterocycles. The third kappa shape index (κ3) is 2.78. The number of ketones is 1. The molecule has 1 aromatic carbocycles. The highest BCUT2D eigenvalue weighted by molar-refractivity contribution is 5.99. The average Bonchev–Trinajstić information content (AvgIpc) is 2.41. The van der Waals surface area contributed by atoms with E-state index in [-0.39, 0.29) is 11.5 Å². The van der Waals surface area contributed by atoms with E-state index in [0.29, 0.717) is 0 Å². The van der Waals surface area contributed by atoms with E-state index in [0.717, 1.165) is 37.7 Å². The molecule has 1 aliphatic rings. The quantitative estimate of drug-likeness (QED) is 0.836. The molecular weight excluding hydrogens is 231 g/mol. The molecule has 0 saturated heterocycles. The first-order valence-corrected chi connectivity index (χ1v) is 6.58. The summed E-state index contributed by atoms with van der Waals surface area (Å²) in [5, 5.41) is 10.1. The topological polar surface area (TPSA) is 37.3 Å². The Morgan fingerprint density at radius 1 is 1.33 bits per heavy atom. The van der Waals surface area contributed by atoms with Gasteiger partial charge in [-0.1, -0.05) is 30.9 Å². The Balaban J connectivity index is 2.16. The molecule has 0 aromatic heterocycles. The van der Waals surface area contributed by atoms with Crippen LogP contribution in [0.3, 0.4) is 0 Å². The fraction of sp³-hybridized carbons (Fsp3) is 0.533. The van der Waals surface area contributed by atoms with E-state index in [9.17, 15) is 14.3 Å². The van der Waals surface area contributed by atoms with Gasteiger partial charge in [-0.05, 0) is 37.8 Å². The molecule has 0 spiro atoms. The van der Waals surface area contributed by atoms with Crippen LogP contribution in [0, 0.1) is 18.7 Å². The minimum absolute atomic E-state index is 0.00818. The number of benzene rings is 1. The SMILES string of the molecule is Cc1ccc(F)c(C(=O)C(O)C2CCCCC2)c1. The van der Waals surface area contributed by atoms with Crippen molar-refractivity contribution < 1.29 is 14.3 Å². The highest BCUT2D eigenvalue weighted by Gasteiger charge is 2.29. The van der Waals surface area contributed by atoms with Crippen LogP contribution in [-0.4, -0.2) is 17.0 Å². The molecular formula is C15H19FO2. The van der Waals surface area contributed by atoms with Gasteiger partial charge in [0, 0.05) is 0 Å². The molecule has 1 N–H and O–H groups in total. The van der Waals surface area contributed by atoms with Crippen LogP contribution >= 0.6 is 0 Å². The molecule has 1 atom stereocenters. The van der Waals surface area contributed by atoms with Crippen LogP contribution in [0.15, 0.2) is 18.2 Å². The number of halogens is 1. The molecule has 0 aliphatic heterocycles. The minimum atomic E-state index is -1.05. The Bertz CT molecular complexity index is 436. The Morgan fingerprint density at radius 2 is 2.00 bits per heavy atom. The Hall–Kier alpha value is -1.22. The molecule has 1 aliphatic carbocycles. The summed E-state index contributed by atoms with van der Waals surface area (Å²) >= 11 is 0. The van der Waals surface area contributed by atoms with Crippen LogP contribution in [-0.2, 0) is 0 Å². The van der Waals surface area contributed by atoms with Crippen LogP contribution in [0.25, 0.3) is 0 Å². The predicted molar refractivity (Wildman–Crippen MR) is 68.0 cm³/mol. The Kier molecular flexibility index (Phi) is 4.12. The van der Waals surface area contributed by atoms with Gasteiger partial charge in [0.2, 0.25) is 0 Å². The van der Waals surface area contributed by atoms with Crippen LogP contribution < -0.4 is 0 Å². The second kappa shape index (κ2) is 5.61. The van der Waals surface area contributed by atoms with Gasteiger partial charge in [-0.2, -0.15) is 0 Å². The second-order valence-electron chi connectivity index (χ2n) is 5.19. The molecule has 3 heteroatoms. The van der Waals surface area contributed by atoms with E-state index in [1.165, 1.54) is 12.1 Å². The minimum Gasteiger partial charge on any atom is -0.385 e. The molecule has 1 fully saturated rings. The summed E-state index contributed by atoms with van der Waals surface area (Å²) in [6.45, 7) is 1.81. The monoisotopic (exact) mass is 250 g/mol. The van der Waals surface area contributed by atoms with Gasteiger partial charge < -0.3 is 5.11 Å². The van der Waals surface area contributed by atoms with Crippen molar-refractivity contribution in [1.29, 1.82) is 0 Å². The van der Waals surface area contributed by atoms with Gasteiger partial charge in [0.1, 0.15) is 11.9 Å². The first-order valence-electron chi connectivity index (χ1n) is 6.58. The van der Waals surface area contributed by atoms with Gasteiger partial charge in [-0.25, -0.2) is 4.39 Å². The summed E-state index contributed by atoms with van der Waals surface area (Å²) in [5.41, 5.74) is 0.851. The smallest absolute Gasteiger partial charge is 0.194 e. The number of carbonyl (C=O) groups is 1. The fourth-order valence-electron chi connectivity index (χ4n) is 2.65. The zero-order chi connectivity index (χ0) is 13.1. The number of aliphatic hydroxyl groups excluding tert-OH is 1. The lowest BCUT2D eigenvalue weighted by Crippen LogP contribution is -2.31. The number of aryl methyl sites for hydroxylation is 1. The van der Waals surface area contributed by atoms with Crippen molar-refractivity contribution in [3.63, 3.8) is 0 Å². The molecule has 2 nitrogen and oxygen atoms in total. The van der Waals surface area contributed by atoms with Crippen LogP contribution in [0.4, 0.5) is 4.39 Å². The van der Waals surface area contributed by atoms with Crippen molar-refractivity contribution in [1.82, 2.24) is 0 Å². The Morgan fingerprint density at radius 3 is 2.67 bits per heavy atom. The van der Waals surface area contributed by atoms with E-state index in [4.69, 9.17) is 0 Å². The molecule has 0 radical (unpaired) electrons. The largest absolute Gasteiger partial charge is 0.385 e. The lowest BCUT2D eigenvalue weighted by atomic mass is 9.82. The summed E-state index contributed by atoms with van der Waals surface area (Å²) in [4.78, 5) is 12.1. The number of hydrogen-bond acceptors (Lipinski definition) is 2. The van der Waals surface area contributed by atoms with Crippen molar-refractivity contribution in [3.8, 4) is 0 Å². The summed E-state index contributed by atoms with van der Waals surface area (Å²) in [6, 6.07) is 4.43. The highest BCUT2D eigenvalue weighted by atomic mass is 19.1. The number of Topliss-reactive ketones (excluding diaryl/α,β-unsaturated/α-hetero) is 1. The molecule has 0 amide bonds. The lowest BCUT2D eigenvalue weighted by molar-refractivity contribution is 0.0530. The molecule has 2 rings (SSSR count). The summed E-state index contributed by atoms with van der Waals surface area (Å²) in [6.07, 6.45) is 3.93. The van der Waals surface area contributed by atoms with Crippen LogP contribution in [0.1, 0.15) is 48.0 Å². The van der Waals surface area contributed by atoms with Gasteiger partial charge in [-0.3, -0.25) is 4.79 Å². The third-order valence-corrected chi connectivity index (χ3v) is 3.75. The summed E-state index contributed by atoms with van der Waals surface area (Å²) in [5.74, 6) is -1.02. The molecule has 1 unspecified atom stereocenters. The zero-order valence-corrected chi connectivity index (χ0v) is 10.7. The molecule has 98 valence electrons. The third-order valence-electron chi connectivity index (χ3n) is 3.75. The molecule has 1 aromatic rings. The second-order valence-corrected chi connectivity index (χ2v) is 5.19. The van der Waals surface area contributed by atoms with Gasteiger partial charge in [0.15, 0.2) is 5.78 Å². The van der Waals surface area contributed by atoms with Crippen molar-refractivity contribution in [3.05, 3.63) is 35.1 Å². The van der Waals surface area contributed by atoms with E-state index in [1.54, 1.807) is 6.07 Å². The molecule has 18 heavy (non-hydrogen) atoms. The first-order chi connectivity index (χ1) is 8.59. The van der Waals surface area contributed by atoms with Gasteiger partial charge in [-0.15, -0.1) is 0 Å². The van der Waals surface area contributed by atoms with Gasteiger partial charge in [0.25, 0.3) is 0 Å². The van der Waals surface area contributed by atoms with E-state index in [2.05, 4.69) is 0 Å².